The third-order valence-electron chi connectivity index (χ3n) is 3.24. The lowest BCUT2D eigenvalue weighted by Gasteiger charge is -2.40. The van der Waals surface area contributed by atoms with E-state index < -0.39 is 17.7 Å². The fourth-order valence-electron chi connectivity index (χ4n) is 1.92. The fraction of sp³-hybridized carbons (Fsp3) is 0.833. The molecule has 0 aromatic rings. The van der Waals surface area contributed by atoms with E-state index >= 15 is 0 Å². The lowest BCUT2D eigenvalue weighted by atomic mass is 10.1. The van der Waals surface area contributed by atoms with Gasteiger partial charge in [0.2, 0.25) is 0 Å². The van der Waals surface area contributed by atoms with Crippen LogP contribution in [-0.2, 0) is 9.53 Å². The highest BCUT2D eigenvalue weighted by atomic mass is 16.5. The van der Waals surface area contributed by atoms with Crippen molar-refractivity contribution in [3.05, 3.63) is 0 Å². The van der Waals surface area contributed by atoms with Gasteiger partial charge in [0.05, 0.1) is 6.61 Å². The maximum absolute atomic E-state index is 11.6. The third-order valence-corrected chi connectivity index (χ3v) is 3.24. The van der Waals surface area contributed by atoms with Gasteiger partial charge in [-0.1, -0.05) is 13.3 Å². The molecule has 1 unspecified atom stereocenters. The quantitative estimate of drug-likeness (QED) is 0.600. The summed E-state index contributed by atoms with van der Waals surface area (Å²) in [4.78, 5) is 24.8. The van der Waals surface area contributed by atoms with Crippen LogP contribution in [0.25, 0.3) is 0 Å². The highest BCUT2D eigenvalue weighted by Crippen LogP contribution is 2.13. The second kappa shape index (κ2) is 7.30. The van der Waals surface area contributed by atoms with Gasteiger partial charge in [-0.2, -0.15) is 0 Å². The summed E-state index contributed by atoms with van der Waals surface area (Å²) in [5.74, 6) is -1.08. The van der Waals surface area contributed by atoms with Gasteiger partial charge >= 0.3 is 12.1 Å². The second-order valence-electron chi connectivity index (χ2n) is 4.73. The van der Waals surface area contributed by atoms with Crippen LogP contribution in [0, 0.1) is 0 Å². The maximum atomic E-state index is 11.6. The molecule has 0 aromatic heterocycles. The topological polar surface area (TPSA) is 90.9 Å². The van der Waals surface area contributed by atoms with Gasteiger partial charge in [0.25, 0.3) is 0 Å². The average Bonchev–Trinajstić information content (AvgIpc) is 2.39. The van der Waals surface area contributed by atoms with Crippen LogP contribution in [0.3, 0.4) is 0 Å². The van der Waals surface area contributed by atoms with E-state index in [4.69, 9.17) is 4.74 Å². The van der Waals surface area contributed by atoms with E-state index in [0.717, 1.165) is 12.8 Å². The van der Waals surface area contributed by atoms with Crippen LogP contribution in [0.15, 0.2) is 0 Å². The Labute approximate surface area is 113 Å². The first kappa shape index (κ1) is 15.7. The van der Waals surface area contributed by atoms with Crippen molar-refractivity contribution in [3.63, 3.8) is 0 Å². The van der Waals surface area contributed by atoms with Crippen molar-refractivity contribution >= 4 is 12.1 Å². The summed E-state index contributed by atoms with van der Waals surface area (Å²) >= 11 is 0. The number of hydrogen-bond acceptors (Lipinski definition) is 5. The van der Waals surface area contributed by atoms with E-state index in [1.54, 1.807) is 4.90 Å². The zero-order valence-electron chi connectivity index (χ0n) is 11.6. The lowest BCUT2D eigenvalue weighted by Crippen LogP contribution is -2.67. The zero-order valence-corrected chi connectivity index (χ0v) is 11.6. The van der Waals surface area contributed by atoms with Crippen LogP contribution < -0.4 is 10.6 Å². The number of carbonyl (C=O) groups is 2. The van der Waals surface area contributed by atoms with Gasteiger partial charge in [0, 0.05) is 26.2 Å². The first-order chi connectivity index (χ1) is 9.00. The van der Waals surface area contributed by atoms with Gasteiger partial charge in [-0.25, -0.2) is 9.59 Å². The number of carboxylic acids is 1. The molecule has 1 rings (SSSR count). The third kappa shape index (κ3) is 4.36. The summed E-state index contributed by atoms with van der Waals surface area (Å²) in [6, 6.07) is 0. The molecule has 1 heterocycles. The zero-order chi connectivity index (χ0) is 14.3. The molecule has 0 aliphatic carbocycles. The molecule has 7 nitrogen and oxygen atoms in total. The monoisotopic (exact) mass is 273 g/mol. The van der Waals surface area contributed by atoms with Crippen molar-refractivity contribution < 1.29 is 19.4 Å². The van der Waals surface area contributed by atoms with E-state index in [0.29, 0.717) is 32.8 Å². The molecule has 1 atom stereocenters. The molecular weight excluding hydrogens is 250 g/mol. The molecule has 3 N–H and O–H groups in total. The Kier molecular flexibility index (Phi) is 6.04. The summed E-state index contributed by atoms with van der Waals surface area (Å²) in [6.45, 7) is 6.33. The minimum Gasteiger partial charge on any atom is -0.478 e. The Hall–Kier alpha value is -1.34. The van der Waals surface area contributed by atoms with Gasteiger partial charge in [-0.15, -0.1) is 0 Å². The number of hydrogen-bond donors (Lipinski definition) is 3. The molecule has 1 fully saturated rings. The van der Waals surface area contributed by atoms with Crippen LogP contribution in [0.4, 0.5) is 4.79 Å². The number of carbonyl (C=O) groups excluding carboxylic acids is 1. The van der Waals surface area contributed by atoms with Crippen molar-refractivity contribution in [1.29, 1.82) is 0 Å². The largest absolute Gasteiger partial charge is 0.478 e. The maximum Gasteiger partial charge on any atom is 0.409 e. The number of aliphatic carboxylic acids is 1. The summed E-state index contributed by atoms with van der Waals surface area (Å²) in [5, 5.41) is 15.0. The summed E-state index contributed by atoms with van der Waals surface area (Å²) < 4.78 is 4.96. The molecule has 1 saturated heterocycles. The van der Waals surface area contributed by atoms with Crippen molar-refractivity contribution in [2.75, 3.05) is 32.8 Å². The number of nitrogens with zero attached hydrogens (tertiary/aromatic N) is 1. The van der Waals surface area contributed by atoms with Gasteiger partial charge in [0.15, 0.2) is 5.66 Å². The number of unbranched alkanes of at least 4 members (excludes halogenated alkanes) is 1. The minimum atomic E-state index is -1.43. The summed E-state index contributed by atoms with van der Waals surface area (Å²) in [5.41, 5.74) is -1.43. The highest BCUT2D eigenvalue weighted by molar-refractivity contribution is 5.83. The number of piperazine rings is 1. The number of carboxylic acid groups (broad SMARTS) is 1. The fourth-order valence-corrected chi connectivity index (χ4v) is 1.92. The minimum absolute atomic E-state index is 0.305. The van der Waals surface area contributed by atoms with Gasteiger partial charge < -0.3 is 15.2 Å². The van der Waals surface area contributed by atoms with Crippen molar-refractivity contribution in [3.8, 4) is 0 Å². The van der Waals surface area contributed by atoms with Crippen LogP contribution >= 0.6 is 0 Å². The van der Waals surface area contributed by atoms with Crippen LogP contribution in [0.5, 0.6) is 0 Å². The Balaban J connectivity index is 2.60. The smallest absolute Gasteiger partial charge is 0.409 e. The Morgan fingerprint density at radius 1 is 1.42 bits per heavy atom. The van der Waals surface area contributed by atoms with Crippen LogP contribution in [0.1, 0.15) is 26.7 Å². The van der Waals surface area contributed by atoms with Crippen LogP contribution in [-0.4, -0.2) is 60.5 Å². The first-order valence-corrected chi connectivity index (χ1v) is 6.64. The Morgan fingerprint density at radius 2 is 2.05 bits per heavy atom. The van der Waals surface area contributed by atoms with Crippen molar-refractivity contribution in [2.24, 2.45) is 0 Å². The summed E-state index contributed by atoms with van der Waals surface area (Å²) in [7, 11) is 0. The molecule has 1 amide bonds. The molecule has 0 spiro atoms. The first-order valence-electron chi connectivity index (χ1n) is 6.64. The van der Waals surface area contributed by atoms with Gasteiger partial charge in [0.1, 0.15) is 0 Å². The highest BCUT2D eigenvalue weighted by Gasteiger charge is 2.42. The number of alkyl carbamates (subject to hydrolysis) is 1. The van der Waals surface area contributed by atoms with Gasteiger partial charge in [-0.3, -0.25) is 10.2 Å². The van der Waals surface area contributed by atoms with E-state index in [1.165, 1.54) is 6.92 Å². The molecule has 110 valence electrons. The molecule has 1 aliphatic rings. The number of ether oxygens (including phenoxy) is 1. The van der Waals surface area contributed by atoms with E-state index in [1.807, 2.05) is 6.92 Å². The van der Waals surface area contributed by atoms with E-state index in [-0.39, 0.29) is 0 Å². The van der Waals surface area contributed by atoms with E-state index in [2.05, 4.69) is 10.6 Å². The Bertz CT molecular complexity index is 318. The molecule has 0 bridgehead atoms. The average molecular weight is 273 g/mol. The number of nitrogens with one attached hydrogen (secondary N) is 2. The SMILES string of the molecule is CCCCOC(=O)NC(C)(C(=O)O)N1CCNCC1. The second-order valence-corrected chi connectivity index (χ2v) is 4.73. The molecular formula is C12H23N3O4. The molecule has 1 aliphatic heterocycles. The molecule has 19 heavy (non-hydrogen) atoms. The molecule has 7 heteroatoms. The molecule has 0 aromatic carbocycles. The number of rotatable bonds is 6. The predicted molar refractivity (Wildman–Crippen MR) is 69.9 cm³/mol. The van der Waals surface area contributed by atoms with Crippen LogP contribution in [0.2, 0.25) is 0 Å². The van der Waals surface area contributed by atoms with Gasteiger partial charge in [-0.05, 0) is 13.3 Å². The Morgan fingerprint density at radius 3 is 2.58 bits per heavy atom. The number of amides is 1. The normalized spacial score (nSPS) is 19.5. The molecule has 0 radical (unpaired) electrons. The van der Waals surface area contributed by atoms with Crippen molar-refractivity contribution in [1.82, 2.24) is 15.5 Å². The predicted octanol–water partition coefficient (Wildman–Crippen LogP) is 0.219. The summed E-state index contributed by atoms with van der Waals surface area (Å²) in [6.07, 6.45) is 1.00. The van der Waals surface area contributed by atoms with E-state index in [9.17, 15) is 14.7 Å². The van der Waals surface area contributed by atoms with Crippen molar-refractivity contribution in [2.45, 2.75) is 32.4 Å². The lowest BCUT2D eigenvalue weighted by molar-refractivity contribution is -0.153. The molecule has 0 saturated carbocycles. The standard InChI is InChI=1S/C12H23N3O4/c1-3-4-9-19-11(18)14-12(2,10(16)17)15-7-5-13-6-8-15/h13H,3-9H2,1-2H3,(H,14,18)(H,16,17).